The summed E-state index contributed by atoms with van der Waals surface area (Å²) in [6.45, 7) is 3.44. The summed E-state index contributed by atoms with van der Waals surface area (Å²) in [4.78, 5) is 12.1. The number of rotatable bonds is 2. The van der Waals surface area contributed by atoms with Gasteiger partial charge in [-0.1, -0.05) is 55.1 Å². The first-order chi connectivity index (χ1) is 8.83. The molecule has 0 unspecified atom stereocenters. The second-order valence-electron chi connectivity index (χ2n) is 4.21. The quantitative estimate of drug-likeness (QED) is 0.589. The zero-order chi connectivity index (χ0) is 12.5. The van der Waals surface area contributed by atoms with E-state index in [9.17, 15) is 4.79 Å². The van der Waals surface area contributed by atoms with Crippen molar-refractivity contribution in [3.63, 3.8) is 0 Å². The number of ether oxygens (including phenoxy) is 1. The maximum Gasteiger partial charge on any atom is 0.322 e. The first-order valence-corrected chi connectivity index (χ1v) is 5.82. The molecule has 0 saturated heterocycles. The summed E-state index contributed by atoms with van der Waals surface area (Å²) in [5.41, 5.74) is 4.23. The first kappa shape index (κ1) is 10.8. The lowest BCUT2D eigenvalue weighted by atomic mass is 9.97. The highest BCUT2D eigenvalue weighted by Gasteiger charge is 2.34. The van der Waals surface area contributed by atoms with Gasteiger partial charge in [-0.3, -0.25) is 4.79 Å². The molecule has 2 aromatic carbocycles. The minimum atomic E-state index is -0.338. The van der Waals surface area contributed by atoms with Crippen molar-refractivity contribution < 1.29 is 9.53 Å². The number of carbonyl (C=O) groups is 1. The molecule has 0 radical (unpaired) electrons. The Morgan fingerprint density at radius 1 is 1.00 bits per heavy atom. The van der Waals surface area contributed by atoms with Crippen LogP contribution in [-0.2, 0) is 9.53 Å². The van der Waals surface area contributed by atoms with Gasteiger partial charge in [-0.05, 0) is 22.3 Å². The van der Waals surface area contributed by atoms with Crippen LogP contribution in [0.2, 0.25) is 0 Å². The van der Waals surface area contributed by atoms with Crippen LogP contribution >= 0.6 is 0 Å². The van der Waals surface area contributed by atoms with Crippen molar-refractivity contribution >= 4 is 5.97 Å². The predicted molar refractivity (Wildman–Crippen MR) is 70.0 cm³/mol. The molecule has 0 amide bonds. The summed E-state index contributed by atoms with van der Waals surface area (Å²) in [5, 5.41) is 0. The van der Waals surface area contributed by atoms with Crippen LogP contribution in [-0.4, -0.2) is 5.97 Å². The summed E-state index contributed by atoms with van der Waals surface area (Å²) in [7, 11) is 0. The molecule has 1 aliphatic rings. The molecule has 2 nitrogen and oxygen atoms in total. The Labute approximate surface area is 106 Å². The molecule has 2 aromatic rings. The van der Waals surface area contributed by atoms with E-state index in [-0.39, 0.29) is 11.9 Å². The van der Waals surface area contributed by atoms with Gasteiger partial charge in [0.1, 0.15) is 5.92 Å². The molecule has 1 aliphatic carbocycles. The molecule has 3 rings (SSSR count). The lowest BCUT2D eigenvalue weighted by Crippen LogP contribution is -2.12. The van der Waals surface area contributed by atoms with Crippen LogP contribution in [0.1, 0.15) is 17.0 Å². The van der Waals surface area contributed by atoms with Crippen molar-refractivity contribution in [3.05, 3.63) is 72.5 Å². The van der Waals surface area contributed by atoms with E-state index in [4.69, 9.17) is 4.74 Å². The SMILES string of the molecule is C=COC(=O)C1c2ccccc2-c2ccccc21. The maximum absolute atomic E-state index is 12.1. The lowest BCUT2D eigenvalue weighted by Gasteiger charge is -2.10. The Morgan fingerprint density at radius 2 is 1.50 bits per heavy atom. The zero-order valence-corrected chi connectivity index (χ0v) is 9.80. The van der Waals surface area contributed by atoms with Gasteiger partial charge in [0.15, 0.2) is 0 Å². The number of esters is 1. The summed E-state index contributed by atoms with van der Waals surface area (Å²) >= 11 is 0. The van der Waals surface area contributed by atoms with Crippen molar-refractivity contribution in [1.29, 1.82) is 0 Å². The number of benzene rings is 2. The van der Waals surface area contributed by atoms with Gasteiger partial charge in [0, 0.05) is 0 Å². The van der Waals surface area contributed by atoms with Gasteiger partial charge >= 0.3 is 5.97 Å². The predicted octanol–water partition coefficient (Wildman–Crippen LogP) is 3.49. The van der Waals surface area contributed by atoms with Gasteiger partial charge in [0.25, 0.3) is 0 Å². The molecule has 0 aliphatic heterocycles. The van der Waals surface area contributed by atoms with E-state index in [1.54, 1.807) is 0 Å². The highest BCUT2D eigenvalue weighted by molar-refractivity contribution is 5.93. The van der Waals surface area contributed by atoms with E-state index < -0.39 is 0 Å². The summed E-state index contributed by atoms with van der Waals surface area (Å²) in [5.74, 6) is -0.613. The highest BCUT2D eigenvalue weighted by atomic mass is 16.5. The van der Waals surface area contributed by atoms with E-state index >= 15 is 0 Å². The summed E-state index contributed by atoms with van der Waals surface area (Å²) < 4.78 is 4.96. The third-order valence-electron chi connectivity index (χ3n) is 3.27. The van der Waals surface area contributed by atoms with Gasteiger partial charge in [0.2, 0.25) is 0 Å². The second-order valence-corrected chi connectivity index (χ2v) is 4.21. The largest absolute Gasteiger partial charge is 0.434 e. The topological polar surface area (TPSA) is 26.3 Å². The van der Waals surface area contributed by atoms with Crippen molar-refractivity contribution in [1.82, 2.24) is 0 Å². The Morgan fingerprint density at radius 3 is 2.00 bits per heavy atom. The van der Waals surface area contributed by atoms with Gasteiger partial charge in [-0.25, -0.2) is 0 Å². The van der Waals surface area contributed by atoms with E-state index in [2.05, 4.69) is 6.58 Å². The molecule has 0 aromatic heterocycles. The molecule has 0 atom stereocenters. The third kappa shape index (κ3) is 1.46. The minimum absolute atomic E-state index is 0.276. The number of carbonyl (C=O) groups excluding carboxylic acids is 1. The van der Waals surface area contributed by atoms with Crippen LogP contribution in [0.5, 0.6) is 0 Å². The molecule has 0 N–H and O–H groups in total. The van der Waals surface area contributed by atoms with E-state index in [0.717, 1.165) is 22.3 Å². The molecule has 0 heterocycles. The zero-order valence-electron chi connectivity index (χ0n) is 9.80. The van der Waals surface area contributed by atoms with E-state index in [0.29, 0.717) is 0 Å². The fourth-order valence-electron chi connectivity index (χ4n) is 2.56. The monoisotopic (exact) mass is 236 g/mol. The van der Waals surface area contributed by atoms with Crippen LogP contribution < -0.4 is 0 Å². The molecule has 0 bridgehead atoms. The number of hydrogen-bond acceptors (Lipinski definition) is 2. The van der Waals surface area contributed by atoms with Crippen LogP contribution in [0.3, 0.4) is 0 Å². The van der Waals surface area contributed by atoms with E-state index in [1.807, 2.05) is 48.5 Å². The number of fused-ring (bicyclic) bond motifs is 3. The average Bonchev–Trinajstić information content (AvgIpc) is 2.73. The first-order valence-electron chi connectivity index (χ1n) is 5.82. The molecule has 0 fully saturated rings. The Hall–Kier alpha value is -2.35. The van der Waals surface area contributed by atoms with Crippen LogP contribution in [0, 0.1) is 0 Å². The minimum Gasteiger partial charge on any atom is -0.434 e. The lowest BCUT2D eigenvalue weighted by molar-refractivity contribution is -0.138. The normalized spacial score (nSPS) is 12.7. The molecule has 18 heavy (non-hydrogen) atoms. The van der Waals surface area contributed by atoms with Crippen LogP contribution in [0.15, 0.2) is 61.4 Å². The molecular formula is C16H12O2. The van der Waals surface area contributed by atoms with Crippen LogP contribution in [0.4, 0.5) is 0 Å². The molecule has 0 saturated carbocycles. The van der Waals surface area contributed by atoms with E-state index in [1.165, 1.54) is 6.26 Å². The smallest absolute Gasteiger partial charge is 0.322 e. The molecule has 88 valence electrons. The third-order valence-corrected chi connectivity index (χ3v) is 3.27. The van der Waals surface area contributed by atoms with Gasteiger partial charge in [0.05, 0.1) is 6.26 Å². The Bertz CT molecular complexity index is 583. The second kappa shape index (κ2) is 4.15. The number of hydrogen-bond donors (Lipinski definition) is 0. The average molecular weight is 236 g/mol. The Kier molecular flexibility index (Phi) is 2.49. The van der Waals surface area contributed by atoms with Crippen LogP contribution in [0.25, 0.3) is 11.1 Å². The van der Waals surface area contributed by atoms with Gasteiger partial charge in [-0.15, -0.1) is 0 Å². The molecule has 0 spiro atoms. The van der Waals surface area contributed by atoms with Crippen molar-refractivity contribution in [3.8, 4) is 11.1 Å². The fourth-order valence-corrected chi connectivity index (χ4v) is 2.56. The molecular weight excluding hydrogens is 224 g/mol. The Balaban J connectivity index is 2.20. The summed E-state index contributed by atoms with van der Waals surface area (Å²) in [6.07, 6.45) is 1.19. The molecule has 2 heteroatoms. The van der Waals surface area contributed by atoms with Gasteiger partial charge in [-0.2, -0.15) is 0 Å². The maximum atomic E-state index is 12.1. The fraction of sp³-hybridized carbons (Fsp3) is 0.0625. The van der Waals surface area contributed by atoms with Gasteiger partial charge < -0.3 is 4.74 Å². The standard InChI is InChI=1S/C16H12O2/c1-2-18-16(17)15-13-9-5-3-7-11(13)12-8-4-6-10-14(12)15/h2-10,15H,1H2. The van der Waals surface area contributed by atoms with Crippen molar-refractivity contribution in [2.45, 2.75) is 5.92 Å². The van der Waals surface area contributed by atoms with Crippen molar-refractivity contribution in [2.75, 3.05) is 0 Å². The highest BCUT2D eigenvalue weighted by Crippen LogP contribution is 2.44. The van der Waals surface area contributed by atoms with Crippen molar-refractivity contribution in [2.24, 2.45) is 0 Å². The summed E-state index contributed by atoms with van der Waals surface area (Å²) in [6, 6.07) is 15.9.